The molecule has 2 N–H and O–H groups in total. The smallest absolute Gasteiger partial charge is 0.324 e. The SMILES string of the molecule is COc1ccccc1CN1CCCN(c2ccc(NC(=O)Nc3cccc(Cl)c3)cc2)C1=O. The molecular weight excluding hydrogens is 440 g/mol. The van der Waals surface area contributed by atoms with Crippen LogP contribution in [0.1, 0.15) is 12.0 Å². The summed E-state index contributed by atoms with van der Waals surface area (Å²) in [5.41, 5.74) is 2.98. The zero-order chi connectivity index (χ0) is 23.2. The number of methoxy groups -OCH3 is 1. The molecule has 1 fully saturated rings. The van der Waals surface area contributed by atoms with E-state index in [1.807, 2.05) is 41.3 Å². The number of amides is 4. The van der Waals surface area contributed by atoms with Gasteiger partial charge < -0.3 is 20.3 Å². The number of carbonyl (C=O) groups is 2. The topological polar surface area (TPSA) is 73.9 Å². The Morgan fingerprint density at radius 1 is 0.970 bits per heavy atom. The van der Waals surface area contributed by atoms with Gasteiger partial charge in [-0.1, -0.05) is 35.9 Å². The van der Waals surface area contributed by atoms with Crippen molar-refractivity contribution in [3.8, 4) is 5.75 Å². The van der Waals surface area contributed by atoms with E-state index in [-0.39, 0.29) is 12.1 Å². The van der Waals surface area contributed by atoms with Gasteiger partial charge in [-0.05, 0) is 55.0 Å². The van der Waals surface area contributed by atoms with Crippen LogP contribution < -0.4 is 20.3 Å². The van der Waals surface area contributed by atoms with Gasteiger partial charge in [0.2, 0.25) is 0 Å². The summed E-state index contributed by atoms with van der Waals surface area (Å²) in [6.45, 7) is 1.82. The highest BCUT2D eigenvalue weighted by Gasteiger charge is 2.27. The van der Waals surface area contributed by atoms with Crippen molar-refractivity contribution in [3.63, 3.8) is 0 Å². The molecule has 0 bridgehead atoms. The van der Waals surface area contributed by atoms with Gasteiger partial charge >= 0.3 is 12.1 Å². The molecule has 1 heterocycles. The lowest BCUT2D eigenvalue weighted by Crippen LogP contribution is -2.49. The standard InChI is InChI=1S/C25H25ClN4O3/c1-33-23-9-3-2-6-18(23)17-29-14-5-15-30(25(29)32)22-12-10-20(11-13-22)27-24(31)28-21-8-4-7-19(26)16-21/h2-4,6-13,16H,5,14-15,17H2,1H3,(H2,27,28,31). The van der Waals surface area contributed by atoms with Gasteiger partial charge in [-0.15, -0.1) is 0 Å². The molecule has 3 aromatic rings. The second-order valence-corrected chi connectivity index (χ2v) is 8.09. The normalized spacial score (nSPS) is 13.6. The highest BCUT2D eigenvalue weighted by molar-refractivity contribution is 6.30. The van der Waals surface area contributed by atoms with Crippen LogP contribution in [0.4, 0.5) is 26.7 Å². The van der Waals surface area contributed by atoms with Crippen molar-refractivity contribution >= 4 is 40.7 Å². The van der Waals surface area contributed by atoms with Crippen LogP contribution in [0, 0.1) is 0 Å². The minimum Gasteiger partial charge on any atom is -0.496 e. The van der Waals surface area contributed by atoms with Crippen LogP contribution in [0.15, 0.2) is 72.8 Å². The largest absolute Gasteiger partial charge is 0.496 e. The van der Waals surface area contributed by atoms with Crippen LogP contribution in [0.2, 0.25) is 5.02 Å². The van der Waals surface area contributed by atoms with Crippen LogP contribution in [-0.4, -0.2) is 37.2 Å². The number of rotatable bonds is 6. The molecule has 4 amide bonds. The first-order valence-corrected chi connectivity index (χ1v) is 11.0. The van der Waals surface area contributed by atoms with E-state index < -0.39 is 0 Å². The summed E-state index contributed by atoms with van der Waals surface area (Å²) in [6, 6.07) is 21.5. The maximum Gasteiger partial charge on any atom is 0.324 e. The number of nitrogens with zero attached hydrogens (tertiary/aromatic N) is 2. The first kappa shape index (κ1) is 22.5. The summed E-state index contributed by atoms with van der Waals surface area (Å²) in [5, 5.41) is 6.07. The van der Waals surface area contributed by atoms with E-state index in [0.29, 0.717) is 36.0 Å². The van der Waals surface area contributed by atoms with Gasteiger partial charge in [-0.3, -0.25) is 4.90 Å². The summed E-state index contributed by atoms with van der Waals surface area (Å²) in [7, 11) is 1.63. The Balaban J connectivity index is 1.39. The molecule has 0 spiro atoms. The highest BCUT2D eigenvalue weighted by atomic mass is 35.5. The Kier molecular flexibility index (Phi) is 7.00. The Morgan fingerprint density at radius 2 is 1.73 bits per heavy atom. The number of halogens is 1. The van der Waals surface area contributed by atoms with Gasteiger partial charge in [-0.2, -0.15) is 0 Å². The molecule has 0 aliphatic carbocycles. The monoisotopic (exact) mass is 464 g/mol. The summed E-state index contributed by atoms with van der Waals surface area (Å²) in [4.78, 5) is 29.0. The number of para-hydroxylation sites is 1. The van der Waals surface area contributed by atoms with Crippen molar-refractivity contribution in [2.24, 2.45) is 0 Å². The number of hydrogen-bond acceptors (Lipinski definition) is 3. The quantitative estimate of drug-likeness (QED) is 0.482. The van der Waals surface area contributed by atoms with Crippen molar-refractivity contribution in [2.75, 3.05) is 35.7 Å². The number of ether oxygens (including phenoxy) is 1. The van der Waals surface area contributed by atoms with Gasteiger partial charge in [0.15, 0.2) is 0 Å². The lowest BCUT2D eigenvalue weighted by molar-refractivity contribution is 0.192. The number of hydrogen-bond donors (Lipinski definition) is 2. The molecule has 0 radical (unpaired) electrons. The molecule has 1 aliphatic rings. The van der Waals surface area contributed by atoms with E-state index >= 15 is 0 Å². The minimum absolute atomic E-state index is 0.0495. The van der Waals surface area contributed by atoms with Crippen LogP contribution in [0.25, 0.3) is 0 Å². The zero-order valence-corrected chi connectivity index (χ0v) is 19.0. The predicted octanol–water partition coefficient (Wildman–Crippen LogP) is 5.82. The average molecular weight is 465 g/mol. The molecule has 0 saturated carbocycles. The first-order chi connectivity index (χ1) is 16.0. The van der Waals surface area contributed by atoms with E-state index in [1.54, 1.807) is 48.4 Å². The number of carbonyl (C=O) groups excluding carboxylic acids is 2. The first-order valence-electron chi connectivity index (χ1n) is 10.7. The lowest BCUT2D eigenvalue weighted by Gasteiger charge is -2.36. The number of anilines is 3. The number of benzene rings is 3. The molecular formula is C25H25ClN4O3. The molecule has 170 valence electrons. The average Bonchev–Trinajstić information content (AvgIpc) is 2.81. The Morgan fingerprint density at radius 3 is 2.48 bits per heavy atom. The Bertz CT molecular complexity index is 1140. The molecule has 3 aromatic carbocycles. The molecule has 1 aliphatic heterocycles. The number of urea groups is 2. The molecule has 4 rings (SSSR count). The minimum atomic E-state index is -0.373. The second kappa shape index (κ2) is 10.3. The van der Waals surface area contributed by atoms with E-state index in [1.165, 1.54) is 0 Å². The fourth-order valence-electron chi connectivity index (χ4n) is 3.79. The third kappa shape index (κ3) is 5.56. The van der Waals surface area contributed by atoms with Gasteiger partial charge in [0.1, 0.15) is 5.75 Å². The Labute approximate surface area is 197 Å². The molecule has 0 atom stereocenters. The molecule has 33 heavy (non-hydrogen) atoms. The van der Waals surface area contributed by atoms with Crippen molar-refractivity contribution in [1.29, 1.82) is 0 Å². The summed E-state index contributed by atoms with van der Waals surface area (Å²) >= 11 is 5.95. The third-order valence-electron chi connectivity index (χ3n) is 5.38. The van der Waals surface area contributed by atoms with Gasteiger partial charge in [0.25, 0.3) is 0 Å². The summed E-state index contributed by atoms with van der Waals surface area (Å²) in [6.07, 6.45) is 0.864. The molecule has 1 saturated heterocycles. The van der Waals surface area contributed by atoms with Crippen molar-refractivity contribution in [2.45, 2.75) is 13.0 Å². The fourth-order valence-corrected chi connectivity index (χ4v) is 3.98. The lowest BCUT2D eigenvalue weighted by atomic mass is 10.1. The van der Waals surface area contributed by atoms with Crippen LogP contribution in [-0.2, 0) is 6.54 Å². The molecule has 8 heteroatoms. The molecule has 0 aromatic heterocycles. The van der Waals surface area contributed by atoms with Crippen molar-refractivity contribution < 1.29 is 14.3 Å². The van der Waals surface area contributed by atoms with Crippen molar-refractivity contribution in [1.82, 2.24) is 4.90 Å². The van der Waals surface area contributed by atoms with Crippen LogP contribution in [0.5, 0.6) is 5.75 Å². The second-order valence-electron chi connectivity index (χ2n) is 7.66. The summed E-state index contributed by atoms with van der Waals surface area (Å²) < 4.78 is 5.42. The zero-order valence-electron chi connectivity index (χ0n) is 18.3. The third-order valence-corrected chi connectivity index (χ3v) is 5.62. The van der Waals surface area contributed by atoms with E-state index in [2.05, 4.69) is 10.6 Å². The van der Waals surface area contributed by atoms with E-state index in [0.717, 1.165) is 23.4 Å². The highest BCUT2D eigenvalue weighted by Crippen LogP contribution is 2.26. The molecule has 7 nitrogen and oxygen atoms in total. The number of nitrogens with one attached hydrogen (secondary N) is 2. The fraction of sp³-hybridized carbons (Fsp3) is 0.200. The van der Waals surface area contributed by atoms with Crippen LogP contribution >= 0.6 is 11.6 Å². The van der Waals surface area contributed by atoms with Gasteiger partial charge in [0, 0.05) is 40.7 Å². The van der Waals surface area contributed by atoms with Gasteiger partial charge in [0.05, 0.1) is 13.7 Å². The predicted molar refractivity (Wildman–Crippen MR) is 131 cm³/mol. The maximum atomic E-state index is 13.1. The van der Waals surface area contributed by atoms with E-state index in [9.17, 15) is 9.59 Å². The molecule has 0 unspecified atom stereocenters. The Hall–Kier alpha value is -3.71. The van der Waals surface area contributed by atoms with Crippen molar-refractivity contribution in [3.05, 3.63) is 83.4 Å². The van der Waals surface area contributed by atoms with E-state index in [4.69, 9.17) is 16.3 Å². The summed E-state index contributed by atoms with van der Waals surface area (Å²) in [5.74, 6) is 0.772. The maximum absolute atomic E-state index is 13.1. The van der Waals surface area contributed by atoms with Gasteiger partial charge in [-0.25, -0.2) is 9.59 Å². The van der Waals surface area contributed by atoms with Crippen LogP contribution in [0.3, 0.4) is 0 Å².